The second-order valence-electron chi connectivity index (χ2n) is 9.35. The summed E-state index contributed by atoms with van der Waals surface area (Å²) in [6, 6.07) is 3.86. The maximum absolute atomic E-state index is 13.4. The number of amides is 2. The lowest BCUT2D eigenvalue weighted by Crippen LogP contribution is -2.46. The highest BCUT2D eigenvalue weighted by molar-refractivity contribution is 5.94. The molecular formula is C24H32N6O4. The number of hydrogen-bond donors (Lipinski definition) is 2. The molecule has 1 aromatic rings. The minimum absolute atomic E-state index is 0.0911. The van der Waals surface area contributed by atoms with Gasteiger partial charge in [0.25, 0.3) is 0 Å². The number of ether oxygens (including phenoxy) is 1. The van der Waals surface area contributed by atoms with E-state index in [-0.39, 0.29) is 37.0 Å². The van der Waals surface area contributed by atoms with E-state index in [0.717, 1.165) is 37.7 Å². The Kier molecular flexibility index (Phi) is 6.72. The Morgan fingerprint density at radius 2 is 2.06 bits per heavy atom. The van der Waals surface area contributed by atoms with Gasteiger partial charge in [-0.15, -0.1) is 0 Å². The molecule has 10 heteroatoms. The van der Waals surface area contributed by atoms with Crippen LogP contribution in [0, 0.1) is 5.41 Å². The molecule has 0 aromatic carbocycles. The SMILES string of the molecule is C=CN(N)c1ccc(CN(CC(N)=O)C2CCC3(CC2)CCN(C2=C(C)C(=O)OC2)C3=O)cn1. The summed E-state index contributed by atoms with van der Waals surface area (Å²) in [5.41, 5.74) is 7.31. The lowest BCUT2D eigenvalue weighted by Gasteiger charge is -2.40. The molecule has 1 spiro atoms. The van der Waals surface area contributed by atoms with Crippen molar-refractivity contribution in [3.05, 3.63) is 47.9 Å². The molecule has 1 aliphatic carbocycles. The number of nitrogens with two attached hydrogens (primary N) is 2. The Hall–Kier alpha value is -3.24. The van der Waals surface area contributed by atoms with Crippen molar-refractivity contribution in [3.8, 4) is 0 Å². The number of likely N-dealkylation sites (tertiary alicyclic amines) is 1. The van der Waals surface area contributed by atoms with Crippen LogP contribution in [0.15, 0.2) is 42.4 Å². The van der Waals surface area contributed by atoms with Crippen LogP contribution in [0.2, 0.25) is 0 Å². The summed E-state index contributed by atoms with van der Waals surface area (Å²) in [5, 5.41) is 1.33. The fourth-order valence-electron chi connectivity index (χ4n) is 5.32. The van der Waals surface area contributed by atoms with E-state index in [1.54, 1.807) is 24.1 Å². The van der Waals surface area contributed by atoms with Gasteiger partial charge in [0.15, 0.2) is 0 Å². The Morgan fingerprint density at radius 3 is 2.62 bits per heavy atom. The lowest BCUT2D eigenvalue weighted by molar-refractivity contribution is -0.138. The van der Waals surface area contributed by atoms with Crippen molar-refractivity contribution in [1.29, 1.82) is 0 Å². The summed E-state index contributed by atoms with van der Waals surface area (Å²) in [4.78, 5) is 45.1. The average molecular weight is 469 g/mol. The van der Waals surface area contributed by atoms with Crippen molar-refractivity contribution in [2.24, 2.45) is 17.0 Å². The molecule has 3 heterocycles. The molecule has 34 heavy (non-hydrogen) atoms. The van der Waals surface area contributed by atoms with Gasteiger partial charge in [0.2, 0.25) is 11.8 Å². The number of anilines is 1. The largest absolute Gasteiger partial charge is 0.456 e. The maximum atomic E-state index is 13.4. The Morgan fingerprint density at radius 1 is 1.32 bits per heavy atom. The van der Waals surface area contributed by atoms with Crippen LogP contribution in [0.1, 0.15) is 44.6 Å². The van der Waals surface area contributed by atoms with E-state index >= 15 is 0 Å². The zero-order chi connectivity index (χ0) is 24.5. The molecule has 0 atom stereocenters. The van der Waals surface area contributed by atoms with Gasteiger partial charge in [-0.1, -0.05) is 12.6 Å². The molecule has 2 amide bonds. The molecule has 3 aliphatic rings. The summed E-state index contributed by atoms with van der Waals surface area (Å²) >= 11 is 0. The standard InChI is InChI=1S/C24H32N6O4/c1-3-30(26)21-5-4-17(12-27-21)13-28(14-20(25)31)18-6-8-24(9-7-18)10-11-29(23(24)33)19-15-34-22(32)16(19)2/h3-5,12,18H,1,6-11,13-15,26H2,2H3,(H2,25,31). The van der Waals surface area contributed by atoms with Gasteiger partial charge in [0.05, 0.1) is 23.2 Å². The molecule has 4 rings (SSSR count). The number of cyclic esters (lactones) is 1. The Bertz CT molecular complexity index is 1010. The second-order valence-corrected chi connectivity index (χ2v) is 9.35. The highest BCUT2D eigenvalue weighted by Gasteiger charge is 2.50. The molecule has 1 saturated carbocycles. The van der Waals surface area contributed by atoms with Gasteiger partial charge in [0.1, 0.15) is 12.4 Å². The monoisotopic (exact) mass is 468 g/mol. The number of pyridine rings is 1. The Labute approximate surface area is 199 Å². The van der Waals surface area contributed by atoms with E-state index < -0.39 is 5.41 Å². The van der Waals surface area contributed by atoms with Crippen LogP contribution < -0.4 is 16.6 Å². The molecule has 2 aliphatic heterocycles. The Balaban J connectivity index is 1.42. The van der Waals surface area contributed by atoms with E-state index in [1.165, 1.54) is 11.2 Å². The van der Waals surface area contributed by atoms with Crippen LogP contribution in [0.3, 0.4) is 0 Å². The molecule has 1 saturated heterocycles. The number of primary amides is 1. The zero-order valence-corrected chi connectivity index (χ0v) is 19.5. The number of hydrogen-bond acceptors (Lipinski definition) is 8. The van der Waals surface area contributed by atoms with Crippen LogP contribution in [-0.4, -0.2) is 58.3 Å². The third-order valence-corrected chi connectivity index (χ3v) is 7.36. The summed E-state index contributed by atoms with van der Waals surface area (Å²) in [5.74, 6) is 5.71. The first-order valence-electron chi connectivity index (χ1n) is 11.6. The van der Waals surface area contributed by atoms with Crippen molar-refractivity contribution in [2.75, 3.05) is 24.7 Å². The molecule has 0 bridgehead atoms. The number of carbonyl (C=O) groups is 3. The third kappa shape index (κ3) is 4.55. The van der Waals surface area contributed by atoms with Crippen molar-refractivity contribution >= 4 is 23.6 Å². The fraction of sp³-hybridized carbons (Fsp3) is 0.500. The number of nitrogens with zero attached hydrogens (tertiary/aromatic N) is 4. The molecular weight excluding hydrogens is 436 g/mol. The number of carbonyl (C=O) groups excluding carboxylic acids is 3. The van der Waals surface area contributed by atoms with E-state index in [4.69, 9.17) is 16.3 Å². The number of hydrazine groups is 1. The fourth-order valence-corrected chi connectivity index (χ4v) is 5.32. The molecule has 1 aromatic heterocycles. The van der Waals surface area contributed by atoms with Crippen LogP contribution in [0.4, 0.5) is 5.82 Å². The maximum Gasteiger partial charge on any atom is 0.336 e. The number of aromatic nitrogens is 1. The first-order chi connectivity index (χ1) is 16.2. The van der Waals surface area contributed by atoms with Crippen molar-refractivity contribution in [1.82, 2.24) is 14.8 Å². The lowest BCUT2D eigenvalue weighted by atomic mass is 9.71. The minimum atomic E-state index is -0.410. The van der Waals surface area contributed by atoms with Crippen LogP contribution >= 0.6 is 0 Å². The zero-order valence-electron chi connectivity index (χ0n) is 19.5. The topological polar surface area (TPSA) is 135 Å². The summed E-state index contributed by atoms with van der Waals surface area (Å²) < 4.78 is 5.11. The third-order valence-electron chi connectivity index (χ3n) is 7.36. The van der Waals surface area contributed by atoms with E-state index in [0.29, 0.717) is 30.2 Å². The van der Waals surface area contributed by atoms with Gasteiger partial charge < -0.3 is 15.4 Å². The van der Waals surface area contributed by atoms with Crippen molar-refractivity contribution in [3.63, 3.8) is 0 Å². The molecule has 10 nitrogen and oxygen atoms in total. The first kappa shape index (κ1) is 23.9. The van der Waals surface area contributed by atoms with Gasteiger partial charge in [-0.05, 0) is 50.7 Å². The van der Waals surface area contributed by atoms with Crippen LogP contribution in [0.5, 0.6) is 0 Å². The molecule has 0 unspecified atom stereocenters. The minimum Gasteiger partial charge on any atom is -0.456 e. The van der Waals surface area contributed by atoms with Gasteiger partial charge in [-0.2, -0.15) is 0 Å². The van der Waals surface area contributed by atoms with E-state index in [1.807, 2.05) is 6.07 Å². The highest BCUT2D eigenvalue weighted by atomic mass is 16.5. The first-order valence-corrected chi connectivity index (χ1v) is 11.6. The van der Waals surface area contributed by atoms with Gasteiger partial charge in [-0.3, -0.25) is 19.5 Å². The molecule has 0 radical (unpaired) electrons. The highest BCUT2D eigenvalue weighted by Crippen LogP contribution is 2.47. The summed E-state index contributed by atoms with van der Waals surface area (Å²) in [6.45, 7) is 6.78. The average Bonchev–Trinajstić information content (AvgIpc) is 3.32. The molecule has 182 valence electrons. The van der Waals surface area contributed by atoms with Gasteiger partial charge >= 0.3 is 5.97 Å². The van der Waals surface area contributed by atoms with Crippen molar-refractivity contribution in [2.45, 2.75) is 51.6 Å². The van der Waals surface area contributed by atoms with Gasteiger partial charge in [-0.25, -0.2) is 15.6 Å². The predicted molar refractivity (Wildman–Crippen MR) is 125 cm³/mol. The molecule has 2 fully saturated rings. The van der Waals surface area contributed by atoms with Gasteiger partial charge in [0, 0.05) is 31.5 Å². The number of esters is 1. The van der Waals surface area contributed by atoms with E-state index in [9.17, 15) is 14.4 Å². The summed E-state index contributed by atoms with van der Waals surface area (Å²) in [7, 11) is 0. The molecule has 4 N–H and O–H groups in total. The van der Waals surface area contributed by atoms with Crippen LogP contribution in [-0.2, 0) is 25.7 Å². The predicted octanol–water partition coefficient (Wildman–Crippen LogP) is 1.18. The van der Waals surface area contributed by atoms with Crippen molar-refractivity contribution < 1.29 is 19.1 Å². The quantitative estimate of drug-likeness (QED) is 0.330. The number of rotatable bonds is 8. The smallest absolute Gasteiger partial charge is 0.336 e. The van der Waals surface area contributed by atoms with E-state index in [2.05, 4.69) is 16.5 Å². The normalized spacial score (nSPS) is 24.8. The summed E-state index contributed by atoms with van der Waals surface area (Å²) in [6.07, 6.45) is 7.03. The van der Waals surface area contributed by atoms with Crippen LogP contribution in [0.25, 0.3) is 0 Å². The second kappa shape index (κ2) is 9.55.